The topological polar surface area (TPSA) is 12.0 Å². The van der Waals surface area contributed by atoms with Crippen LogP contribution < -0.4 is 5.32 Å². The van der Waals surface area contributed by atoms with Crippen LogP contribution >= 0.6 is 11.3 Å². The first kappa shape index (κ1) is 13.1. The molecule has 1 atom stereocenters. The average molecular weight is 273 g/mol. The minimum atomic E-state index is 0.401. The summed E-state index contributed by atoms with van der Waals surface area (Å²) >= 11 is 1.91. The lowest BCUT2D eigenvalue weighted by Gasteiger charge is -2.13. The van der Waals surface area contributed by atoms with Crippen molar-refractivity contribution < 1.29 is 0 Å². The van der Waals surface area contributed by atoms with Gasteiger partial charge in [0.2, 0.25) is 0 Å². The predicted octanol–water partition coefficient (Wildman–Crippen LogP) is 4.99. The lowest BCUT2D eigenvalue weighted by molar-refractivity contribution is 0.457. The van der Waals surface area contributed by atoms with Gasteiger partial charge in [-0.15, -0.1) is 11.3 Å². The molecule has 1 nitrogen and oxygen atoms in total. The third-order valence-corrected chi connectivity index (χ3v) is 6.61. The number of thiophene rings is 1. The molecule has 1 aliphatic rings. The van der Waals surface area contributed by atoms with E-state index in [1.165, 1.54) is 15.0 Å². The van der Waals surface area contributed by atoms with Crippen molar-refractivity contribution in [3.8, 4) is 0 Å². The van der Waals surface area contributed by atoms with Gasteiger partial charge in [0.1, 0.15) is 0 Å². The van der Waals surface area contributed by atoms with Crippen molar-refractivity contribution >= 4 is 21.4 Å². The molecule has 1 saturated carbocycles. The van der Waals surface area contributed by atoms with Gasteiger partial charge in [0, 0.05) is 21.7 Å². The van der Waals surface area contributed by atoms with Crippen LogP contribution in [0, 0.1) is 10.8 Å². The highest BCUT2D eigenvalue weighted by Gasteiger charge is 2.64. The van der Waals surface area contributed by atoms with Crippen LogP contribution in [0.25, 0.3) is 10.1 Å². The van der Waals surface area contributed by atoms with E-state index in [-0.39, 0.29) is 0 Å². The molecule has 0 aliphatic heterocycles. The summed E-state index contributed by atoms with van der Waals surface area (Å²) in [5.74, 6) is 0. The maximum atomic E-state index is 3.82. The Hall–Kier alpha value is -0.860. The van der Waals surface area contributed by atoms with E-state index in [9.17, 15) is 0 Å². The molecule has 1 aliphatic carbocycles. The summed E-state index contributed by atoms with van der Waals surface area (Å²) in [5.41, 5.74) is 0.801. The summed E-state index contributed by atoms with van der Waals surface area (Å²) in [7, 11) is 0. The molecule has 1 unspecified atom stereocenters. The van der Waals surface area contributed by atoms with Crippen molar-refractivity contribution in [2.24, 2.45) is 10.8 Å². The number of benzene rings is 1. The second-order valence-electron chi connectivity index (χ2n) is 6.95. The van der Waals surface area contributed by atoms with Crippen LogP contribution in [0.4, 0.5) is 0 Å². The fourth-order valence-electron chi connectivity index (χ4n) is 3.16. The van der Waals surface area contributed by atoms with E-state index in [4.69, 9.17) is 0 Å². The molecular formula is C17H23NS. The molecule has 102 valence electrons. The third-order valence-electron chi connectivity index (χ3n) is 5.31. The Balaban J connectivity index is 1.80. The summed E-state index contributed by atoms with van der Waals surface area (Å²) in [6.45, 7) is 11.7. The highest BCUT2D eigenvalue weighted by atomic mass is 32.1. The third kappa shape index (κ3) is 1.93. The van der Waals surface area contributed by atoms with Crippen LogP contribution in [-0.4, -0.2) is 6.04 Å². The Labute approximate surface area is 120 Å². The maximum Gasteiger partial charge on any atom is 0.0389 e. The molecule has 19 heavy (non-hydrogen) atoms. The maximum absolute atomic E-state index is 3.82. The van der Waals surface area contributed by atoms with Gasteiger partial charge in [0.15, 0.2) is 0 Å². The first-order chi connectivity index (χ1) is 8.84. The van der Waals surface area contributed by atoms with E-state index < -0.39 is 0 Å². The number of fused-ring (bicyclic) bond motifs is 1. The van der Waals surface area contributed by atoms with Crippen LogP contribution in [0.5, 0.6) is 0 Å². The summed E-state index contributed by atoms with van der Waals surface area (Å²) in [6, 6.07) is 12.0. The van der Waals surface area contributed by atoms with Crippen molar-refractivity contribution in [1.82, 2.24) is 5.32 Å². The van der Waals surface area contributed by atoms with E-state index in [1.807, 2.05) is 11.3 Å². The summed E-state index contributed by atoms with van der Waals surface area (Å²) in [5, 5.41) is 5.19. The average Bonchev–Trinajstić information content (AvgIpc) is 2.73. The van der Waals surface area contributed by atoms with Gasteiger partial charge in [-0.2, -0.15) is 0 Å². The van der Waals surface area contributed by atoms with Gasteiger partial charge in [-0.25, -0.2) is 0 Å². The lowest BCUT2D eigenvalue weighted by Crippen LogP contribution is -2.25. The monoisotopic (exact) mass is 273 g/mol. The molecule has 0 amide bonds. The van der Waals surface area contributed by atoms with Crippen LogP contribution in [0.1, 0.15) is 45.5 Å². The first-order valence-corrected chi connectivity index (χ1v) is 7.90. The van der Waals surface area contributed by atoms with Gasteiger partial charge >= 0.3 is 0 Å². The number of hydrogen-bond donors (Lipinski definition) is 1. The molecular weight excluding hydrogens is 250 g/mol. The van der Waals surface area contributed by atoms with Gasteiger partial charge in [-0.1, -0.05) is 45.9 Å². The molecule has 2 aromatic rings. The van der Waals surface area contributed by atoms with Gasteiger partial charge in [-0.05, 0) is 35.3 Å². The van der Waals surface area contributed by atoms with Crippen molar-refractivity contribution in [3.63, 3.8) is 0 Å². The summed E-state index contributed by atoms with van der Waals surface area (Å²) in [6.07, 6.45) is 0. The zero-order valence-corrected chi connectivity index (χ0v) is 13.3. The van der Waals surface area contributed by atoms with Crippen molar-refractivity contribution in [2.45, 2.75) is 46.7 Å². The lowest BCUT2D eigenvalue weighted by atomic mass is 10.0. The normalized spacial score (nSPS) is 22.6. The molecule has 0 saturated heterocycles. The Morgan fingerprint density at radius 3 is 2.32 bits per heavy atom. The first-order valence-electron chi connectivity index (χ1n) is 7.08. The fraction of sp³-hybridized carbons (Fsp3) is 0.529. The molecule has 3 rings (SSSR count). The Bertz CT molecular complexity index is 562. The minimum absolute atomic E-state index is 0.401. The molecule has 0 radical (unpaired) electrons. The number of rotatable bonds is 3. The SMILES string of the molecule is CC(NC1C(C)(C)C1(C)C)c1cc2ccccc2s1. The van der Waals surface area contributed by atoms with Crippen LogP contribution in [0.3, 0.4) is 0 Å². The predicted molar refractivity (Wildman–Crippen MR) is 84.7 cm³/mol. The zero-order chi connectivity index (χ0) is 13.8. The van der Waals surface area contributed by atoms with Gasteiger partial charge in [-0.3, -0.25) is 0 Å². The highest BCUT2D eigenvalue weighted by molar-refractivity contribution is 7.19. The molecule has 0 bridgehead atoms. The Morgan fingerprint density at radius 1 is 1.11 bits per heavy atom. The van der Waals surface area contributed by atoms with Gasteiger partial charge in [0.25, 0.3) is 0 Å². The smallest absolute Gasteiger partial charge is 0.0389 e. The molecule has 1 aromatic heterocycles. The molecule has 2 heteroatoms. The second-order valence-corrected chi connectivity index (χ2v) is 8.07. The van der Waals surface area contributed by atoms with Crippen molar-refractivity contribution in [2.75, 3.05) is 0 Å². The van der Waals surface area contributed by atoms with Crippen LogP contribution in [-0.2, 0) is 0 Å². The fourth-order valence-corrected chi connectivity index (χ4v) is 4.24. The zero-order valence-electron chi connectivity index (χ0n) is 12.4. The van der Waals surface area contributed by atoms with E-state index >= 15 is 0 Å². The van der Waals surface area contributed by atoms with E-state index in [2.05, 4.69) is 70.3 Å². The largest absolute Gasteiger partial charge is 0.306 e. The summed E-state index contributed by atoms with van der Waals surface area (Å²) in [4.78, 5) is 1.44. The minimum Gasteiger partial charge on any atom is -0.306 e. The highest BCUT2D eigenvalue weighted by Crippen LogP contribution is 2.63. The standard InChI is InChI=1S/C17H23NS/c1-11(18-15-16(2,3)17(15,4)5)14-10-12-8-6-7-9-13(12)19-14/h6-11,15,18H,1-5H3. The molecule has 1 fully saturated rings. The number of hydrogen-bond acceptors (Lipinski definition) is 2. The van der Waals surface area contributed by atoms with Crippen LogP contribution in [0.2, 0.25) is 0 Å². The summed E-state index contributed by atoms with van der Waals surface area (Å²) < 4.78 is 1.39. The number of nitrogens with one attached hydrogen (secondary N) is 1. The van der Waals surface area contributed by atoms with Gasteiger partial charge in [0.05, 0.1) is 0 Å². The Kier molecular flexibility index (Phi) is 2.81. The van der Waals surface area contributed by atoms with Gasteiger partial charge < -0.3 is 5.32 Å². The molecule has 1 heterocycles. The quantitative estimate of drug-likeness (QED) is 0.831. The Morgan fingerprint density at radius 2 is 1.74 bits per heavy atom. The molecule has 1 N–H and O–H groups in total. The van der Waals surface area contributed by atoms with E-state index in [0.717, 1.165) is 0 Å². The van der Waals surface area contributed by atoms with E-state index in [0.29, 0.717) is 22.9 Å². The van der Waals surface area contributed by atoms with E-state index in [1.54, 1.807) is 0 Å². The molecule has 0 spiro atoms. The molecule has 1 aromatic carbocycles. The second kappa shape index (κ2) is 4.07. The van der Waals surface area contributed by atoms with Crippen LogP contribution in [0.15, 0.2) is 30.3 Å². The van der Waals surface area contributed by atoms with Crippen molar-refractivity contribution in [1.29, 1.82) is 0 Å². The van der Waals surface area contributed by atoms with Crippen molar-refractivity contribution in [3.05, 3.63) is 35.2 Å².